The summed E-state index contributed by atoms with van der Waals surface area (Å²) in [6.07, 6.45) is 0. The van der Waals surface area contributed by atoms with Crippen LogP contribution in [0.15, 0.2) is 18.2 Å². The molecular formula is C8H10N4O3. The van der Waals surface area contributed by atoms with Crippen molar-refractivity contribution in [2.24, 2.45) is 5.84 Å². The average molecular weight is 210 g/mol. The molecule has 1 aromatic rings. The number of nitrogens with one attached hydrogen (secondary N) is 2. The van der Waals surface area contributed by atoms with Gasteiger partial charge >= 0.3 is 0 Å². The maximum Gasteiger partial charge on any atom is 0.295 e. The Labute approximate surface area is 85.4 Å². The molecule has 0 atom stereocenters. The second kappa shape index (κ2) is 4.38. The lowest BCUT2D eigenvalue weighted by atomic mass is 10.2. The Kier molecular flexibility index (Phi) is 3.19. The Morgan fingerprint density at radius 3 is 2.67 bits per heavy atom. The first-order valence-electron chi connectivity index (χ1n) is 4.08. The Hall–Kier alpha value is -2.15. The maximum absolute atomic E-state index is 10.8. The van der Waals surface area contributed by atoms with E-state index in [9.17, 15) is 14.9 Å². The summed E-state index contributed by atoms with van der Waals surface area (Å²) in [5.41, 5.74) is 2.36. The van der Waals surface area contributed by atoms with E-state index in [1.54, 1.807) is 0 Å². The predicted molar refractivity (Wildman–Crippen MR) is 55.2 cm³/mol. The van der Waals surface area contributed by atoms with E-state index >= 15 is 0 Å². The van der Waals surface area contributed by atoms with Gasteiger partial charge in [-0.3, -0.25) is 20.8 Å². The number of carbonyl (C=O) groups excluding carboxylic acids is 1. The maximum atomic E-state index is 10.8. The molecule has 0 unspecified atom stereocenters. The number of hydrogen-bond donors (Lipinski definition) is 3. The molecule has 0 aromatic heterocycles. The number of anilines is 2. The van der Waals surface area contributed by atoms with Crippen LogP contribution in [0, 0.1) is 10.1 Å². The fraction of sp³-hybridized carbons (Fsp3) is 0.125. The number of nitro groups is 1. The summed E-state index contributed by atoms with van der Waals surface area (Å²) in [5, 5.41) is 13.0. The van der Waals surface area contributed by atoms with Crippen LogP contribution in [0.1, 0.15) is 6.92 Å². The van der Waals surface area contributed by atoms with E-state index in [0.29, 0.717) is 0 Å². The highest BCUT2D eigenvalue weighted by Crippen LogP contribution is 2.31. The number of nitrogens with two attached hydrogens (primary N) is 1. The van der Waals surface area contributed by atoms with Gasteiger partial charge in [-0.2, -0.15) is 0 Å². The van der Waals surface area contributed by atoms with Gasteiger partial charge in [-0.1, -0.05) is 6.07 Å². The van der Waals surface area contributed by atoms with Crippen molar-refractivity contribution in [2.75, 3.05) is 10.7 Å². The first-order valence-corrected chi connectivity index (χ1v) is 4.08. The normalized spacial score (nSPS) is 9.47. The van der Waals surface area contributed by atoms with Gasteiger partial charge in [0, 0.05) is 13.0 Å². The zero-order chi connectivity index (χ0) is 11.4. The van der Waals surface area contributed by atoms with Crippen molar-refractivity contribution in [3.05, 3.63) is 28.3 Å². The minimum atomic E-state index is -0.583. The van der Waals surface area contributed by atoms with E-state index in [-0.39, 0.29) is 23.0 Å². The van der Waals surface area contributed by atoms with E-state index < -0.39 is 4.92 Å². The number of rotatable bonds is 3. The van der Waals surface area contributed by atoms with Crippen molar-refractivity contribution in [3.63, 3.8) is 0 Å². The number of hydrogen-bond acceptors (Lipinski definition) is 5. The molecule has 0 aliphatic heterocycles. The van der Waals surface area contributed by atoms with Gasteiger partial charge in [-0.25, -0.2) is 0 Å². The smallest absolute Gasteiger partial charge is 0.295 e. The van der Waals surface area contributed by atoms with Crippen LogP contribution in [0.3, 0.4) is 0 Å². The molecule has 0 bridgehead atoms. The third-order valence-electron chi connectivity index (χ3n) is 1.69. The van der Waals surface area contributed by atoms with Crippen LogP contribution in [0.2, 0.25) is 0 Å². The highest BCUT2D eigenvalue weighted by atomic mass is 16.6. The Morgan fingerprint density at radius 2 is 2.20 bits per heavy atom. The molecule has 7 nitrogen and oxygen atoms in total. The van der Waals surface area contributed by atoms with Gasteiger partial charge in [-0.15, -0.1) is 0 Å². The third-order valence-corrected chi connectivity index (χ3v) is 1.69. The van der Waals surface area contributed by atoms with Gasteiger partial charge < -0.3 is 10.7 Å². The molecule has 1 aromatic carbocycles. The first kappa shape index (κ1) is 10.9. The Bertz CT molecular complexity index is 405. The number of nitrogens with zero attached hydrogens (tertiary/aromatic N) is 1. The minimum Gasteiger partial charge on any atom is -0.324 e. The van der Waals surface area contributed by atoms with Gasteiger partial charge in [0.05, 0.1) is 10.6 Å². The van der Waals surface area contributed by atoms with Crippen molar-refractivity contribution in [2.45, 2.75) is 6.92 Å². The number of hydrazine groups is 1. The largest absolute Gasteiger partial charge is 0.324 e. The van der Waals surface area contributed by atoms with Crippen molar-refractivity contribution in [3.8, 4) is 0 Å². The average Bonchev–Trinajstić information content (AvgIpc) is 2.16. The summed E-state index contributed by atoms with van der Waals surface area (Å²) in [7, 11) is 0. The highest BCUT2D eigenvalue weighted by molar-refractivity contribution is 5.94. The molecule has 15 heavy (non-hydrogen) atoms. The standard InChI is InChI=1S/C8H10N4O3/c1-5(13)10-6-3-2-4-7(12(14)15)8(6)11-9/h2-4,11H,9H2,1H3,(H,10,13). The van der Waals surface area contributed by atoms with Gasteiger partial charge in [0.25, 0.3) is 5.69 Å². The van der Waals surface area contributed by atoms with Gasteiger partial charge in [0.15, 0.2) is 5.69 Å². The second-order valence-electron chi connectivity index (χ2n) is 2.78. The summed E-state index contributed by atoms with van der Waals surface area (Å²) >= 11 is 0. The summed E-state index contributed by atoms with van der Waals surface area (Å²) < 4.78 is 0. The molecule has 0 radical (unpaired) electrons. The van der Waals surface area contributed by atoms with Gasteiger partial charge in [-0.05, 0) is 6.07 Å². The number of benzene rings is 1. The number of carbonyl (C=O) groups is 1. The topological polar surface area (TPSA) is 110 Å². The van der Waals surface area contributed by atoms with Crippen LogP contribution < -0.4 is 16.6 Å². The number of amides is 1. The van der Waals surface area contributed by atoms with Crippen molar-refractivity contribution < 1.29 is 9.72 Å². The lowest BCUT2D eigenvalue weighted by Crippen LogP contribution is -2.14. The fourth-order valence-corrected chi connectivity index (χ4v) is 1.14. The number of para-hydroxylation sites is 1. The fourth-order valence-electron chi connectivity index (χ4n) is 1.14. The molecular weight excluding hydrogens is 200 g/mol. The monoisotopic (exact) mass is 210 g/mol. The lowest BCUT2D eigenvalue weighted by Gasteiger charge is -2.08. The van der Waals surface area contributed by atoms with Crippen LogP contribution in [-0.2, 0) is 4.79 Å². The lowest BCUT2D eigenvalue weighted by molar-refractivity contribution is -0.383. The number of nitrogen functional groups attached to an aromatic ring is 1. The first-order chi connectivity index (χ1) is 7.06. The van der Waals surface area contributed by atoms with E-state index in [0.717, 1.165) is 0 Å². The molecule has 1 amide bonds. The zero-order valence-electron chi connectivity index (χ0n) is 7.98. The summed E-state index contributed by atoms with van der Waals surface area (Å²) in [6.45, 7) is 1.30. The summed E-state index contributed by atoms with van der Waals surface area (Å²) in [5.74, 6) is 4.83. The predicted octanol–water partition coefficient (Wildman–Crippen LogP) is 0.839. The highest BCUT2D eigenvalue weighted by Gasteiger charge is 2.16. The zero-order valence-corrected chi connectivity index (χ0v) is 7.98. The second-order valence-corrected chi connectivity index (χ2v) is 2.78. The van der Waals surface area contributed by atoms with Crippen LogP contribution in [0.5, 0.6) is 0 Å². The Morgan fingerprint density at radius 1 is 1.53 bits per heavy atom. The molecule has 1 rings (SSSR count). The molecule has 0 aliphatic rings. The van der Waals surface area contributed by atoms with Crippen LogP contribution >= 0.6 is 0 Å². The van der Waals surface area contributed by atoms with Crippen LogP contribution in [-0.4, -0.2) is 10.8 Å². The Balaban J connectivity index is 3.21. The van der Waals surface area contributed by atoms with Crippen molar-refractivity contribution in [1.82, 2.24) is 0 Å². The van der Waals surface area contributed by atoms with Crippen LogP contribution in [0.4, 0.5) is 17.1 Å². The molecule has 0 saturated carbocycles. The van der Waals surface area contributed by atoms with E-state index in [1.807, 2.05) is 0 Å². The third kappa shape index (κ3) is 2.41. The van der Waals surface area contributed by atoms with E-state index in [1.165, 1.54) is 25.1 Å². The quantitative estimate of drug-likeness (QED) is 0.389. The van der Waals surface area contributed by atoms with Crippen molar-refractivity contribution >= 4 is 23.0 Å². The SMILES string of the molecule is CC(=O)Nc1cccc([N+](=O)[O-])c1NN. The molecule has 0 saturated heterocycles. The molecule has 4 N–H and O–H groups in total. The summed E-state index contributed by atoms with van der Waals surface area (Å²) in [4.78, 5) is 20.8. The molecule has 7 heteroatoms. The van der Waals surface area contributed by atoms with Gasteiger partial charge in [0.2, 0.25) is 5.91 Å². The van der Waals surface area contributed by atoms with E-state index in [4.69, 9.17) is 5.84 Å². The minimum absolute atomic E-state index is 0.0812. The molecule has 0 fully saturated rings. The van der Waals surface area contributed by atoms with Crippen LogP contribution in [0.25, 0.3) is 0 Å². The molecule has 80 valence electrons. The van der Waals surface area contributed by atoms with Gasteiger partial charge in [0.1, 0.15) is 0 Å². The van der Waals surface area contributed by atoms with Crippen molar-refractivity contribution in [1.29, 1.82) is 0 Å². The molecule has 0 spiro atoms. The summed E-state index contributed by atoms with van der Waals surface area (Å²) in [6, 6.07) is 4.27. The van der Waals surface area contributed by atoms with E-state index in [2.05, 4.69) is 10.7 Å². The molecule has 0 aliphatic carbocycles. The number of nitro benzene ring substituents is 1. The molecule has 0 heterocycles.